The van der Waals surface area contributed by atoms with Gasteiger partial charge in [-0.05, 0) is 30.3 Å². The molecule has 0 aromatic heterocycles. The summed E-state index contributed by atoms with van der Waals surface area (Å²) in [7, 11) is -3.77. The number of hydrogen-bond donors (Lipinski definition) is 1. The van der Waals surface area contributed by atoms with Crippen molar-refractivity contribution in [3.05, 3.63) is 59.4 Å². The molecule has 0 spiro atoms. The third kappa shape index (κ3) is 4.58. The number of nitrogens with zero attached hydrogens (tertiary/aromatic N) is 2. The fourth-order valence-electron chi connectivity index (χ4n) is 2.84. The highest BCUT2D eigenvalue weighted by molar-refractivity contribution is 7.89. The molecule has 6 nitrogen and oxygen atoms in total. The molecule has 1 aliphatic heterocycles. The molecule has 27 heavy (non-hydrogen) atoms. The quantitative estimate of drug-likeness (QED) is 0.820. The van der Waals surface area contributed by atoms with Crippen LogP contribution in [0.4, 0.5) is 10.1 Å². The van der Waals surface area contributed by atoms with Crippen molar-refractivity contribution < 1.29 is 17.6 Å². The normalized spacial score (nSPS) is 15.6. The molecule has 2 aromatic rings. The third-order valence-electron chi connectivity index (χ3n) is 4.33. The fraction of sp³-hybridized carbons (Fsp3) is 0.278. The van der Waals surface area contributed by atoms with Crippen LogP contribution < -0.4 is 5.32 Å². The van der Waals surface area contributed by atoms with Crippen LogP contribution in [0.15, 0.2) is 53.4 Å². The molecule has 0 atom stereocenters. The van der Waals surface area contributed by atoms with Gasteiger partial charge in [-0.15, -0.1) is 0 Å². The Morgan fingerprint density at radius 1 is 1.07 bits per heavy atom. The second kappa shape index (κ2) is 8.24. The van der Waals surface area contributed by atoms with Crippen molar-refractivity contribution in [2.45, 2.75) is 4.90 Å². The number of nitrogens with one attached hydrogen (secondary N) is 1. The van der Waals surface area contributed by atoms with Crippen LogP contribution in [0.2, 0.25) is 5.02 Å². The summed E-state index contributed by atoms with van der Waals surface area (Å²) >= 11 is 6.04. The van der Waals surface area contributed by atoms with Crippen LogP contribution in [-0.4, -0.2) is 56.3 Å². The largest absolute Gasteiger partial charge is 0.375 e. The number of anilines is 1. The highest BCUT2D eigenvalue weighted by atomic mass is 35.5. The molecule has 0 bridgehead atoms. The predicted octanol–water partition coefficient (Wildman–Crippen LogP) is 2.42. The number of amides is 1. The molecular formula is C18H19ClFN3O3S. The Hall–Kier alpha value is -2.16. The van der Waals surface area contributed by atoms with Gasteiger partial charge in [0.25, 0.3) is 0 Å². The summed E-state index contributed by atoms with van der Waals surface area (Å²) in [6, 6.07) is 12.0. The Kier molecular flexibility index (Phi) is 5.98. The van der Waals surface area contributed by atoms with Gasteiger partial charge in [0.1, 0.15) is 5.82 Å². The molecule has 9 heteroatoms. The van der Waals surface area contributed by atoms with E-state index in [0.29, 0.717) is 10.7 Å². The molecule has 2 aromatic carbocycles. The number of carbonyl (C=O) groups excluding carboxylic acids is 1. The molecule has 1 amide bonds. The molecule has 0 unspecified atom stereocenters. The van der Waals surface area contributed by atoms with Crippen molar-refractivity contribution in [1.29, 1.82) is 0 Å². The van der Waals surface area contributed by atoms with Crippen molar-refractivity contribution in [3.8, 4) is 0 Å². The van der Waals surface area contributed by atoms with E-state index in [1.54, 1.807) is 23.1 Å². The van der Waals surface area contributed by atoms with Crippen molar-refractivity contribution in [2.75, 3.05) is 38.0 Å². The second-order valence-corrected chi connectivity index (χ2v) is 8.42. The minimum Gasteiger partial charge on any atom is -0.375 e. The monoisotopic (exact) mass is 411 g/mol. The number of sulfonamides is 1. The Morgan fingerprint density at radius 2 is 1.78 bits per heavy atom. The van der Waals surface area contributed by atoms with Gasteiger partial charge in [0.15, 0.2) is 0 Å². The average Bonchev–Trinajstić information content (AvgIpc) is 2.67. The molecule has 0 saturated carbocycles. The van der Waals surface area contributed by atoms with Gasteiger partial charge in [0.05, 0.1) is 22.2 Å². The molecule has 0 aliphatic carbocycles. The average molecular weight is 412 g/mol. The first-order valence-electron chi connectivity index (χ1n) is 8.40. The Balaban J connectivity index is 1.57. The number of piperazine rings is 1. The molecule has 1 heterocycles. The fourth-order valence-corrected chi connectivity index (χ4v) is 4.50. The lowest BCUT2D eigenvalue weighted by Gasteiger charge is -2.34. The van der Waals surface area contributed by atoms with Crippen molar-refractivity contribution in [3.63, 3.8) is 0 Å². The second-order valence-electron chi connectivity index (χ2n) is 6.08. The van der Waals surface area contributed by atoms with E-state index in [0.717, 1.165) is 6.07 Å². The molecule has 1 N–H and O–H groups in total. The van der Waals surface area contributed by atoms with E-state index in [1.807, 2.05) is 6.07 Å². The minimum atomic E-state index is -3.77. The van der Waals surface area contributed by atoms with Crippen LogP contribution in [0.3, 0.4) is 0 Å². The first kappa shape index (κ1) is 19.6. The number of rotatable bonds is 5. The van der Waals surface area contributed by atoms with Crippen LogP contribution in [0.1, 0.15) is 0 Å². The van der Waals surface area contributed by atoms with Gasteiger partial charge < -0.3 is 10.2 Å². The number of para-hydroxylation sites is 1. The SMILES string of the molecule is O=C(CNc1ccccc1Cl)N1CCN(S(=O)(=O)c2cccc(F)c2)CC1. The highest BCUT2D eigenvalue weighted by Gasteiger charge is 2.30. The van der Waals surface area contributed by atoms with Crippen LogP contribution in [0, 0.1) is 5.82 Å². The zero-order valence-corrected chi connectivity index (χ0v) is 16.0. The van der Waals surface area contributed by atoms with Crippen LogP contribution in [0.25, 0.3) is 0 Å². The Labute approximate surface area is 162 Å². The first-order valence-corrected chi connectivity index (χ1v) is 10.2. The van der Waals surface area contributed by atoms with Crippen LogP contribution in [-0.2, 0) is 14.8 Å². The molecule has 1 saturated heterocycles. The lowest BCUT2D eigenvalue weighted by atomic mass is 10.3. The van der Waals surface area contributed by atoms with Crippen molar-refractivity contribution in [2.24, 2.45) is 0 Å². The summed E-state index contributed by atoms with van der Waals surface area (Å²) in [4.78, 5) is 13.9. The molecule has 144 valence electrons. The van der Waals surface area contributed by atoms with E-state index < -0.39 is 15.8 Å². The molecule has 0 radical (unpaired) electrons. The zero-order chi connectivity index (χ0) is 19.4. The summed E-state index contributed by atoms with van der Waals surface area (Å²) in [5, 5.41) is 3.51. The van der Waals surface area contributed by atoms with Crippen molar-refractivity contribution >= 4 is 33.2 Å². The molecule has 3 rings (SSSR count). The maximum atomic E-state index is 13.3. The number of hydrogen-bond acceptors (Lipinski definition) is 4. The van der Waals surface area contributed by atoms with Gasteiger partial charge in [-0.3, -0.25) is 4.79 Å². The van der Waals surface area contributed by atoms with Crippen LogP contribution in [0.5, 0.6) is 0 Å². The summed E-state index contributed by atoms with van der Waals surface area (Å²) in [5.74, 6) is -0.742. The van der Waals surface area contributed by atoms with E-state index in [4.69, 9.17) is 11.6 Å². The van der Waals surface area contributed by atoms with E-state index >= 15 is 0 Å². The predicted molar refractivity (Wildman–Crippen MR) is 102 cm³/mol. The van der Waals surface area contributed by atoms with E-state index in [-0.39, 0.29) is 43.5 Å². The smallest absolute Gasteiger partial charge is 0.243 e. The van der Waals surface area contributed by atoms with Gasteiger partial charge in [0, 0.05) is 26.2 Å². The first-order chi connectivity index (χ1) is 12.9. The highest BCUT2D eigenvalue weighted by Crippen LogP contribution is 2.21. The zero-order valence-electron chi connectivity index (χ0n) is 14.4. The standard InChI is InChI=1S/C18H19ClFN3O3S/c19-16-6-1-2-7-17(16)21-13-18(24)22-8-10-23(11-9-22)27(25,26)15-5-3-4-14(20)12-15/h1-7,12,21H,8-11,13H2. The molecular weight excluding hydrogens is 393 g/mol. The number of benzene rings is 2. The Morgan fingerprint density at radius 3 is 2.44 bits per heavy atom. The van der Waals surface area contributed by atoms with Gasteiger partial charge >= 0.3 is 0 Å². The number of halogens is 2. The lowest BCUT2D eigenvalue weighted by molar-refractivity contribution is -0.130. The Bertz CT molecular complexity index is 931. The van der Waals surface area contributed by atoms with Crippen molar-refractivity contribution in [1.82, 2.24) is 9.21 Å². The van der Waals surface area contributed by atoms with E-state index in [2.05, 4.69) is 5.32 Å². The maximum Gasteiger partial charge on any atom is 0.243 e. The van der Waals surface area contributed by atoms with E-state index in [1.165, 1.54) is 22.5 Å². The third-order valence-corrected chi connectivity index (χ3v) is 6.55. The summed E-state index contributed by atoms with van der Waals surface area (Å²) in [5.41, 5.74) is 0.667. The molecule has 1 fully saturated rings. The summed E-state index contributed by atoms with van der Waals surface area (Å²) in [6.07, 6.45) is 0. The molecule has 1 aliphatic rings. The van der Waals surface area contributed by atoms with Gasteiger partial charge in [-0.2, -0.15) is 4.31 Å². The maximum absolute atomic E-state index is 13.3. The number of carbonyl (C=O) groups is 1. The summed E-state index contributed by atoms with van der Waals surface area (Å²) < 4.78 is 39.8. The van der Waals surface area contributed by atoms with Gasteiger partial charge in [-0.1, -0.05) is 29.8 Å². The topological polar surface area (TPSA) is 69.7 Å². The summed E-state index contributed by atoms with van der Waals surface area (Å²) in [6.45, 7) is 0.947. The van der Waals surface area contributed by atoms with Gasteiger partial charge in [-0.25, -0.2) is 12.8 Å². The van der Waals surface area contributed by atoms with E-state index in [9.17, 15) is 17.6 Å². The van der Waals surface area contributed by atoms with Gasteiger partial charge in [0.2, 0.25) is 15.9 Å². The lowest BCUT2D eigenvalue weighted by Crippen LogP contribution is -2.51. The van der Waals surface area contributed by atoms with Crippen LogP contribution >= 0.6 is 11.6 Å². The minimum absolute atomic E-state index is 0.0698.